The van der Waals surface area contributed by atoms with E-state index >= 15 is 0 Å². The van der Waals surface area contributed by atoms with Crippen LogP contribution in [-0.2, 0) is 9.31 Å². The summed E-state index contributed by atoms with van der Waals surface area (Å²) < 4.78 is 12.3. The minimum Gasteiger partial charge on any atom is -0.407 e. The monoisotopic (exact) mass is 316 g/mol. The van der Waals surface area contributed by atoms with Crippen LogP contribution in [0.1, 0.15) is 89.8 Å². The van der Waals surface area contributed by atoms with Crippen LogP contribution in [-0.4, -0.2) is 20.3 Å². The molecule has 0 spiro atoms. The van der Waals surface area contributed by atoms with Crippen LogP contribution in [0.3, 0.4) is 0 Å². The predicted octanol–water partition coefficient (Wildman–Crippen LogP) is 4.83. The van der Waals surface area contributed by atoms with Gasteiger partial charge in [0, 0.05) is 18.6 Å². The van der Waals surface area contributed by atoms with Crippen molar-refractivity contribution in [2.75, 3.05) is 13.2 Å². The van der Waals surface area contributed by atoms with Crippen LogP contribution in [0.5, 0.6) is 0 Å². The van der Waals surface area contributed by atoms with Crippen molar-refractivity contribution in [2.24, 2.45) is 5.41 Å². The molecule has 0 atom stereocenters. The summed E-state index contributed by atoms with van der Waals surface area (Å²) in [4.78, 5) is 0. The minimum absolute atomic E-state index is 0.102. The van der Waals surface area contributed by atoms with Crippen LogP contribution in [0, 0.1) is 5.41 Å². The maximum absolute atomic E-state index is 6.14. The predicted molar refractivity (Wildman–Crippen MR) is 99.8 cm³/mol. The lowest BCUT2D eigenvalue weighted by Gasteiger charge is -2.35. The molecular formula is C20H33BO2. The topological polar surface area (TPSA) is 18.5 Å². The summed E-state index contributed by atoms with van der Waals surface area (Å²) in [5.41, 5.74) is 5.55. The first-order valence-corrected chi connectivity index (χ1v) is 9.03. The first-order chi connectivity index (χ1) is 10.6. The van der Waals surface area contributed by atoms with Gasteiger partial charge in [0.1, 0.15) is 0 Å². The summed E-state index contributed by atoms with van der Waals surface area (Å²) in [7, 11) is -0.223. The molecule has 1 aliphatic rings. The zero-order valence-electron chi connectivity index (χ0n) is 16.2. The van der Waals surface area contributed by atoms with Gasteiger partial charge in [0.05, 0.1) is 0 Å². The van der Waals surface area contributed by atoms with Gasteiger partial charge in [0.2, 0.25) is 0 Å². The van der Waals surface area contributed by atoms with Crippen molar-refractivity contribution in [2.45, 2.75) is 73.1 Å². The van der Waals surface area contributed by atoms with E-state index in [2.05, 4.69) is 67.5 Å². The Balaban J connectivity index is 2.51. The fourth-order valence-electron chi connectivity index (χ4n) is 3.14. The molecule has 23 heavy (non-hydrogen) atoms. The summed E-state index contributed by atoms with van der Waals surface area (Å²) >= 11 is 0. The van der Waals surface area contributed by atoms with Crippen molar-refractivity contribution in [1.82, 2.24) is 0 Å². The third kappa shape index (κ3) is 4.19. The second kappa shape index (κ2) is 6.98. The molecule has 2 nitrogen and oxygen atoms in total. The number of benzene rings is 1. The lowest BCUT2D eigenvalue weighted by molar-refractivity contribution is 0.0341. The van der Waals surface area contributed by atoms with Crippen LogP contribution in [0.15, 0.2) is 12.1 Å². The Bertz CT molecular complexity index is 508. The van der Waals surface area contributed by atoms with Gasteiger partial charge in [-0.2, -0.15) is 0 Å². The molecule has 1 fully saturated rings. The molecular weight excluding hydrogens is 283 g/mol. The van der Waals surface area contributed by atoms with Crippen LogP contribution in [0.4, 0.5) is 0 Å². The van der Waals surface area contributed by atoms with Crippen LogP contribution < -0.4 is 5.46 Å². The molecule has 0 N–H and O–H groups in total. The van der Waals surface area contributed by atoms with Crippen molar-refractivity contribution >= 4 is 12.6 Å². The van der Waals surface area contributed by atoms with E-state index in [0.29, 0.717) is 17.8 Å². The second-order valence-corrected chi connectivity index (χ2v) is 8.70. The fraction of sp³-hybridized carbons (Fsp3) is 0.700. The highest BCUT2D eigenvalue weighted by Gasteiger charge is 2.37. The summed E-state index contributed by atoms with van der Waals surface area (Å²) in [5.74, 6) is 1.46. The van der Waals surface area contributed by atoms with Gasteiger partial charge in [0.25, 0.3) is 0 Å². The summed E-state index contributed by atoms with van der Waals surface area (Å²) in [6, 6.07) is 4.73. The van der Waals surface area contributed by atoms with Crippen LogP contribution in [0.2, 0.25) is 0 Å². The molecule has 1 saturated heterocycles. The van der Waals surface area contributed by atoms with Gasteiger partial charge >= 0.3 is 7.12 Å². The molecule has 128 valence electrons. The Kier molecular flexibility index (Phi) is 5.63. The lowest BCUT2D eigenvalue weighted by atomic mass is 9.66. The zero-order chi connectivity index (χ0) is 17.4. The lowest BCUT2D eigenvalue weighted by Crippen LogP contribution is -2.50. The molecule has 0 radical (unpaired) electrons. The smallest absolute Gasteiger partial charge is 0.407 e. The van der Waals surface area contributed by atoms with E-state index < -0.39 is 0 Å². The molecule has 3 heteroatoms. The summed E-state index contributed by atoms with van der Waals surface area (Å²) in [6.45, 7) is 19.5. The molecule has 0 bridgehead atoms. The highest BCUT2D eigenvalue weighted by molar-refractivity contribution is 6.62. The number of hydrogen-bond acceptors (Lipinski definition) is 2. The van der Waals surface area contributed by atoms with E-state index in [1.165, 1.54) is 22.2 Å². The second-order valence-electron chi connectivity index (χ2n) is 8.70. The normalized spacial score (nSPS) is 18.3. The third-order valence-electron chi connectivity index (χ3n) is 4.66. The molecule has 0 aromatic heterocycles. The molecule has 1 aromatic rings. The SMILES string of the molecule is CC(C)c1cc(C(C)C)c(B2OCC(C)(C)CO2)c(C(C)C)c1. The minimum atomic E-state index is -0.223. The van der Waals surface area contributed by atoms with Gasteiger partial charge in [-0.25, -0.2) is 0 Å². The average molecular weight is 316 g/mol. The molecule has 0 amide bonds. The summed E-state index contributed by atoms with van der Waals surface area (Å²) in [6.07, 6.45) is 0. The summed E-state index contributed by atoms with van der Waals surface area (Å²) in [5, 5.41) is 0. The average Bonchev–Trinajstić information content (AvgIpc) is 2.45. The third-order valence-corrected chi connectivity index (χ3v) is 4.66. The van der Waals surface area contributed by atoms with Gasteiger partial charge in [-0.3, -0.25) is 0 Å². The molecule has 0 unspecified atom stereocenters. The van der Waals surface area contributed by atoms with Crippen molar-refractivity contribution in [3.63, 3.8) is 0 Å². The van der Waals surface area contributed by atoms with Gasteiger partial charge in [-0.1, -0.05) is 67.5 Å². The maximum Gasteiger partial charge on any atom is 0.494 e. The van der Waals surface area contributed by atoms with E-state index in [9.17, 15) is 0 Å². The van der Waals surface area contributed by atoms with Gasteiger partial charge in [0.15, 0.2) is 0 Å². The Morgan fingerprint density at radius 1 is 0.826 bits per heavy atom. The maximum atomic E-state index is 6.14. The molecule has 2 rings (SSSR count). The van der Waals surface area contributed by atoms with Gasteiger partial charge < -0.3 is 9.31 Å². The first kappa shape index (κ1) is 18.5. The van der Waals surface area contributed by atoms with Crippen LogP contribution in [0.25, 0.3) is 0 Å². The van der Waals surface area contributed by atoms with Gasteiger partial charge in [-0.05, 0) is 39.9 Å². The quantitative estimate of drug-likeness (QED) is 0.741. The van der Waals surface area contributed by atoms with E-state index in [0.717, 1.165) is 13.2 Å². The molecule has 0 saturated carbocycles. The number of hydrogen-bond donors (Lipinski definition) is 0. The Morgan fingerprint density at radius 3 is 1.61 bits per heavy atom. The van der Waals surface area contributed by atoms with E-state index in [1.54, 1.807) is 0 Å². The molecule has 1 heterocycles. The van der Waals surface area contributed by atoms with Crippen molar-refractivity contribution in [3.05, 3.63) is 28.8 Å². The molecule has 1 aromatic carbocycles. The molecule has 1 aliphatic heterocycles. The molecule has 0 aliphatic carbocycles. The Labute approximate surface area is 143 Å². The van der Waals surface area contributed by atoms with Crippen molar-refractivity contribution < 1.29 is 9.31 Å². The van der Waals surface area contributed by atoms with E-state index in [1.807, 2.05) is 0 Å². The Morgan fingerprint density at radius 2 is 1.26 bits per heavy atom. The van der Waals surface area contributed by atoms with E-state index in [-0.39, 0.29) is 12.5 Å². The Hall–Kier alpha value is -0.795. The van der Waals surface area contributed by atoms with Crippen molar-refractivity contribution in [1.29, 1.82) is 0 Å². The zero-order valence-corrected chi connectivity index (χ0v) is 16.2. The highest BCUT2D eigenvalue weighted by atomic mass is 16.6. The standard InChI is InChI=1S/C20H33BO2/c1-13(2)16-9-17(14(3)4)19(18(10-16)15(5)6)21-22-11-20(7,8)12-23-21/h9-10,13-15H,11-12H2,1-8H3. The fourth-order valence-corrected chi connectivity index (χ4v) is 3.14. The van der Waals surface area contributed by atoms with Crippen molar-refractivity contribution in [3.8, 4) is 0 Å². The first-order valence-electron chi connectivity index (χ1n) is 9.03. The van der Waals surface area contributed by atoms with Gasteiger partial charge in [-0.15, -0.1) is 0 Å². The highest BCUT2D eigenvalue weighted by Crippen LogP contribution is 2.29. The number of rotatable bonds is 4. The van der Waals surface area contributed by atoms with E-state index in [4.69, 9.17) is 9.31 Å². The largest absolute Gasteiger partial charge is 0.494 e. The van der Waals surface area contributed by atoms with Crippen LogP contribution >= 0.6 is 0 Å².